The summed E-state index contributed by atoms with van der Waals surface area (Å²) < 4.78 is 0. The van der Waals surface area contributed by atoms with Crippen LogP contribution in [0.5, 0.6) is 0 Å². The molecule has 2 rings (SSSR count). The summed E-state index contributed by atoms with van der Waals surface area (Å²) in [7, 11) is 0. The number of aliphatic imine (C=N–C) groups is 1. The average Bonchev–Trinajstić information content (AvgIpc) is 2.05. The van der Waals surface area contributed by atoms with E-state index in [2.05, 4.69) is 23.2 Å². The van der Waals surface area contributed by atoms with Crippen molar-refractivity contribution in [2.45, 2.75) is 19.3 Å². The first kappa shape index (κ1) is 5.90. The Labute approximate surface area is 61.2 Å². The molecule has 1 atom stereocenters. The highest BCUT2D eigenvalue weighted by Crippen LogP contribution is 2.22. The minimum Gasteiger partial charge on any atom is -0.261 e. The van der Waals surface area contributed by atoms with E-state index >= 15 is 0 Å². The maximum absolute atomic E-state index is 4.30. The van der Waals surface area contributed by atoms with Gasteiger partial charge in [0, 0.05) is 17.8 Å². The molecule has 1 nitrogen and oxygen atoms in total. The smallest absolute Gasteiger partial charge is 0.0434 e. The van der Waals surface area contributed by atoms with Crippen LogP contribution in [0.15, 0.2) is 29.4 Å². The summed E-state index contributed by atoms with van der Waals surface area (Å²) in [4.78, 5) is 4.30. The Morgan fingerprint density at radius 1 is 1.40 bits per heavy atom. The molecule has 0 saturated heterocycles. The fraction of sp³-hybridized carbons (Fsp3) is 0.444. The number of hydrogen-bond acceptors (Lipinski definition) is 1. The summed E-state index contributed by atoms with van der Waals surface area (Å²) in [5.41, 5.74) is 1.29. The van der Waals surface area contributed by atoms with E-state index in [1.165, 1.54) is 25.0 Å². The van der Waals surface area contributed by atoms with Crippen LogP contribution in [0, 0.1) is 5.92 Å². The lowest BCUT2D eigenvalue weighted by Gasteiger charge is -2.19. The molecule has 1 unspecified atom stereocenters. The average molecular weight is 133 g/mol. The maximum atomic E-state index is 4.30. The molecule has 0 saturated carbocycles. The molecule has 52 valence electrons. The van der Waals surface area contributed by atoms with Crippen molar-refractivity contribution in [3.8, 4) is 0 Å². The molecule has 0 amide bonds. The third kappa shape index (κ3) is 0.919. The molecule has 0 aromatic rings. The van der Waals surface area contributed by atoms with Crippen molar-refractivity contribution in [2.24, 2.45) is 10.9 Å². The molecule has 0 N–H and O–H groups in total. The number of fused-ring (bicyclic) bond motifs is 1. The van der Waals surface area contributed by atoms with Crippen molar-refractivity contribution in [3.05, 3.63) is 24.4 Å². The van der Waals surface area contributed by atoms with E-state index in [-0.39, 0.29) is 0 Å². The van der Waals surface area contributed by atoms with Crippen molar-refractivity contribution in [3.63, 3.8) is 0 Å². The third-order valence-corrected chi connectivity index (χ3v) is 2.14. The highest BCUT2D eigenvalue weighted by molar-refractivity contribution is 5.98. The van der Waals surface area contributed by atoms with E-state index in [0.29, 0.717) is 0 Å². The molecule has 0 fully saturated rings. The maximum Gasteiger partial charge on any atom is 0.0434 e. The lowest BCUT2D eigenvalue weighted by atomic mass is 9.88. The van der Waals surface area contributed by atoms with E-state index in [1.807, 2.05) is 6.20 Å². The molecule has 1 heteroatoms. The first-order chi connectivity index (χ1) is 4.97. The molecular formula is C9H11N. The van der Waals surface area contributed by atoms with Gasteiger partial charge >= 0.3 is 0 Å². The van der Waals surface area contributed by atoms with E-state index in [9.17, 15) is 0 Å². The summed E-state index contributed by atoms with van der Waals surface area (Å²) in [6, 6.07) is 0. The normalized spacial score (nSPS) is 29.6. The fourth-order valence-corrected chi connectivity index (χ4v) is 1.54. The molecule has 2 aliphatic rings. The van der Waals surface area contributed by atoms with Crippen LogP contribution in [0.2, 0.25) is 0 Å². The van der Waals surface area contributed by atoms with Gasteiger partial charge in [-0.1, -0.05) is 12.2 Å². The van der Waals surface area contributed by atoms with Crippen LogP contribution in [0.3, 0.4) is 0 Å². The molecule has 0 aromatic carbocycles. The van der Waals surface area contributed by atoms with Gasteiger partial charge in [-0.25, -0.2) is 0 Å². The molecule has 0 aromatic heterocycles. The summed E-state index contributed by atoms with van der Waals surface area (Å²) in [6.07, 6.45) is 12.2. The molecule has 1 aliphatic carbocycles. The minimum atomic E-state index is 0.731. The second-order valence-corrected chi connectivity index (χ2v) is 2.85. The first-order valence-electron chi connectivity index (χ1n) is 3.86. The van der Waals surface area contributed by atoms with E-state index in [4.69, 9.17) is 0 Å². The minimum absolute atomic E-state index is 0.731. The summed E-state index contributed by atoms with van der Waals surface area (Å²) in [5, 5.41) is 0. The van der Waals surface area contributed by atoms with Crippen molar-refractivity contribution in [2.75, 3.05) is 0 Å². The van der Waals surface area contributed by atoms with Gasteiger partial charge in [-0.2, -0.15) is 0 Å². The van der Waals surface area contributed by atoms with Crippen LogP contribution in [0.1, 0.15) is 19.3 Å². The van der Waals surface area contributed by atoms with E-state index < -0.39 is 0 Å². The largest absolute Gasteiger partial charge is 0.261 e. The Bertz CT molecular complexity index is 211. The van der Waals surface area contributed by atoms with Crippen LogP contribution < -0.4 is 0 Å². The highest BCUT2D eigenvalue weighted by Gasteiger charge is 2.16. The number of allylic oxidation sites excluding steroid dienone is 3. The van der Waals surface area contributed by atoms with Gasteiger partial charge in [0.2, 0.25) is 0 Å². The van der Waals surface area contributed by atoms with Gasteiger partial charge in [0.1, 0.15) is 0 Å². The summed E-state index contributed by atoms with van der Waals surface area (Å²) in [6.45, 7) is 0. The van der Waals surface area contributed by atoms with Gasteiger partial charge < -0.3 is 0 Å². The standard InChI is InChI=1S/C9H11N/c1-2-6-9-8(4-1)5-3-7-10-9/h2-3,6-8H,1,4-5H2. The molecule has 10 heavy (non-hydrogen) atoms. The zero-order chi connectivity index (χ0) is 6.81. The van der Waals surface area contributed by atoms with Gasteiger partial charge in [-0.3, -0.25) is 4.99 Å². The predicted molar refractivity (Wildman–Crippen MR) is 43.1 cm³/mol. The van der Waals surface area contributed by atoms with Gasteiger partial charge in [-0.15, -0.1) is 0 Å². The monoisotopic (exact) mass is 133 g/mol. The topological polar surface area (TPSA) is 12.4 Å². The van der Waals surface area contributed by atoms with Crippen molar-refractivity contribution < 1.29 is 0 Å². The number of nitrogens with zero attached hydrogens (tertiary/aromatic N) is 1. The van der Waals surface area contributed by atoms with E-state index in [0.717, 1.165) is 5.92 Å². The first-order valence-corrected chi connectivity index (χ1v) is 3.86. The Kier molecular flexibility index (Phi) is 1.42. The summed E-state index contributed by atoms with van der Waals surface area (Å²) >= 11 is 0. The second kappa shape index (κ2) is 2.41. The number of hydrogen-bond donors (Lipinski definition) is 0. The predicted octanol–water partition coefficient (Wildman–Crippen LogP) is 2.31. The second-order valence-electron chi connectivity index (χ2n) is 2.85. The Hall–Kier alpha value is -0.850. The Morgan fingerprint density at radius 3 is 3.30 bits per heavy atom. The Balaban J connectivity index is 2.27. The van der Waals surface area contributed by atoms with E-state index in [1.54, 1.807) is 0 Å². The lowest BCUT2D eigenvalue weighted by molar-refractivity contribution is 0.627. The van der Waals surface area contributed by atoms with Crippen LogP contribution in [0.4, 0.5) is 0 Å². The van der Waals surface area contributed by atoms with Crippen LogP contribution in [0.25, 0.3) is 0 Å². The zero-order valence-corrected chi connectivity index (χ0v) is 5.96. The Morgan fingerprint density at radius 2 is 2.40 bits per heavy atom. The molecule has 0 radical (unpaired) electrons. The molecule has 0 bridgehead atoms. The quantitative estimate of drug-likeness (QED) is 0.481. The third-order valence-electron chi connectivity index (χ3n) is 2.14. The summed E-state index contributed by atoms with van der Waals surface area (Å²) in [5.74, 6) is 0.731. The van der Waals surface area contributed by atoms with Crippen molar-refractivity contribution >= 4 is 5.71 Å². The van der Waals surface area contributed by atoms with Crippen molar-refractivity contribution in [1.82, 2.24) is 0 Å². The molecule has 1 aliphatic heterocycles. The zero-order valence-electron chi connectivity index (χ0n) is 5.96. The molecule has 0 spiro atoms. The molecule has 1 heterocycles. The van der Waals surface area contributed by atoms with Crippen molar-refractivity contribution in [1.29, 1.82) is 0 Å². The van der Waals surface area contributed by atoms with Crippen LogP contribution >= 0.6 is 0 Å². The van der Waals surface area contributed by atoms with Crippen LogP contribution in [-0.2, 0) is 0 Å². The highest BCUT2D eigenvalue weighted by atomic mass is 14.7. The van der Waals surface area contributed by atoms with Gasteiger partial charge in [0.25, 0.3) is 0 Å². The van der Waals surface area contributed by atoms with Gasteiger partial charge in [-0.05, 0) is 25.3 Å². The number of rotatable bonds is 0. The molecular weight excluding hydrogens is 122 g/mol. The van der Waals surface area contributed by atoms with Crippen LogP contribution in [-0.4, -0.2) is 5.71 Å². The lowest BCUT2D eigenvalue weighted by Crippen LogP contribution is -2.16. The fourth-order valence-electron chi connectivity index (χ4n) is 1.54. The van der Waals surface area contributed by atoms with Gasteiger partial charge in [0.05, 0.1) is 0 Å². The van der Waals surface area contributed by atoms with Gasteiger partial charge in [0.15, 0.2) is 0 Å². The SMILES string of the molecule is C1=CC2=NC=CCC2CC1.